The Morgan fingerprint density at radius 2 is 1.55 bits per heavy atom. The van der Waals surface area contributed by atoms with Gasteiger partial charge in [-0.15, -0.1) is 11.8 Å². The van der Waals surface area contributed by atoms with Crippen LogP contribution in [0.3, 0.4) is 0 Å². The lowest BCUT2D eigenvalue weighted by Gasteiger charge is -2.14. The number of carbonyl (C=O) groups is 1. The number of anilines is 1. The predicted molar refractivity (Wildman–Crippen MR) is 118 cm³/mol. The summed E-state index contributed by atoms with van der Waals surface area (Å²) in [4.78, 5) is 13.9. The van der Waals surface area contributed by atoms with Crippen molar-refractivity contribution in [2.45, 2.75) is 4.90 Å². The maximum absolute atomic E-state index is 12.8. The van der Waals surface area contributed by atoms with Crippen molar-refractivity contribution in [3.8, 4) is 28.4 Å². The van der Waals surface area contributed by atoms with Gasteiger partial charge in [-0.25, -0.2) is 0 Å². The highest BCUT2D eigenvalue weighted by atomic mass is 32.2. The zero-order valence-electron chi connectivity index (χ0n) is 16.8. The summed E-state index contributed by atoms with van der Waals surface area (Å²) in [6.45, 7) is 0. The van der Waals surface area contributed by atoms with Crippen LogP contribution in [0, 0.1) is 0 Å². The van der Waals surface area contributed by atoms with Crippen molar-refractivity contribution in [2.75, 3.05) is 32.9 Å². The van der Waals surface area contributed by atoms with Crippen LogP contribution in [0.2, 0.25) is 0 Å². The third kappa shape index (κ3) is 4.66. The number of hydrogen-bond acceptors (Lipinski definition) is 5. The number of thioether (sulfide) groups is 1. The third-order valence-electron chi connectivity index (χ3n) is 4.51. The van der Waals surface area contributed by atoms with Gasteiger partial charge in [0, 0.05) is 16.1 Å². The Morgan fingerprint density at radius 3 is 2.17 bits per heavy atom. The molecule has 0 aliphatic heterocycles. The van der Waals surface area contributed by atoms with Crippen molar-refractivity contribution in [1.29, 1.82) is 0 Å². The Labute approximate surface area is 175 Å². The van der Waals surface area contributed by atoms with Gasteiger partial charge < -0.3 is 19.5 Å². The van der Waals surface area contributed by atoms with E-state index < -0.39 is 0 Å². The van der Waals surface area contributed by atoms with Gasteiger partial charge in [-0.2, -0.15) is 0 Å². The number of hydrogen-bond donors (Lipinski definition) is 1. The van der Waals surface area contributed by atoms with Gasteiger partial charge in [-0.1, -0.05) is 12.1 Å². The summed E-state index contributed by atoms with van der Waals surface area (Å²) in [6, 6.07) is 18.7. The van der Waals surface area contributed by atoms with Crippen LogP contribution in [0.5, 0.6) is 17.2 Å². The highest BCUT2D eigenvalue weighted by Gasteiger charge is 2.15. The number of methoxy groups -OCH3 is 3. The summed E-state index contributed by atoms with van der Waals surface area (Å²) in [5.41, 5.74) is 2.98. The first-order valence-corrected chi connectivity index (χ1v) is 10.2. The van der Waals surface area contributed by atoms with E-state index in [-0.39, 0.29) is 5.91 Å². The van der Waals surface area contributed by atoms with Gasteiger partial charge in [0.1, 0.15) is 17.2 Å². The van der Waals surface area contributed by atoms with Gasteiger partial charge in [0.2, 0.25) is 0 Å². The lowest BCUT2D eigenvalue weighted by molar-refractivity contribution is 0.102. The van der Waals surface area contributed by atoms with Crippen LogP contribution in [0.15, 0.2) is 65.6 Å². The molecule has 0 spiro atoms. The van der Waals surface area contributed by atoms with Gasteiger partial charge in [0.05, 0.1) is 26.9 Å². The first-order chi connectivity index (χ1) is 14.1. The molecule has 29 heavy (non-hydrogen) atoms. The van der Waals surface area contributed by atoms with Crippen LogP contribution in [-0.2, 0) is 0 Å². The number of benzene rings is 3. The summed E-state index contributed by atoms with van der Waals surface area (Å²) in [5, 5.41) is 2.95. The molecule has 0 aliphatic carbocycles. The number of rotatable bonds is 7. The molecule has 1 N–H and O–H groups in total. The van der Waals surface area contributed by atoms with E-state index in [9.17, 15) is 4.79 Å². The number of nitrogens with one attached hydrogen (secondary N) is 1. The Kier molecular flexibility index (Phi) is 6.67. The van der Waals surface area contributed by atoms with E-state index in [2.05, 4.69) is 5.32 Å². The Balaban J connectivity index is 1.90. The molecule has 0 heterocycles. The fraction of sp³-hybridized carbons (Fsp3) is 0.174. The van der Waals surface area contributed by atoms with E-state index in [4.69, 9.17) is 14.2 Å². The minimum absolute atomic E-state index is 0.236. The molecule has 0 bridgehead atoms. The number of carbonyl (C=O) groups excluding carboxylic acids is 1. The summed E-state index contributed by atoms with van der Waals surface area (Å²) in [7, 11) is 4.82. The van der Waals surface area contributed by atoms with E-state index in [0.717, 1.165) is 27.5 Å². The normalized spacial score (nSPS) is 10.3. The molecule has 0 atom stereocenters. The lowest BCUT2D eigenvalue weighted by atomic mass is 10.0. The average Bonchev–Trinajstić information content (AvgIpc) is 2.78. The standard InChI is InChI=1S/C23H23NO4S/c1-26-17-8-5-15(6-9-17)20-13-16(7-12-21(20)27-2)24-23(25)19-11-10-18(29-4)14-22(19)28-3/h5-14H,1-4H3,(H,24,25). The van der Waals surface area contributed by atoms with E-state index in [1.807, 2.05) is 60.9 Å². The third-order valence-corrected chi connectivity index (χ3v) is 5.24. The SMILES string of the molecule is COc1ccc(-c2cc(NC(=O)c3ccc(SC)cc3OC)ccc2OC)cc1. The van der Waals surface area contributed by atoms with Gasteiger partial charge >= 0.3 is 0 Å². The van der Waals surface area contributed by atoms with Crippen LogP contribution in [0.25, 0.3) is 11.1 Å². The van der Waals surface area contributed by atoms with Crippen molar-refractivity contribution in [2.24, 2.45) is 0 Å². The van der Waals surface area contributed by atoms with Crippen LogP contribution in [0.4, 0.5) is 5.69 Å². The first kappa shape index (κ1) is 20.6. The van der Waals surface area contributed by atoms with E-state index in [1.165, 1.54) is 0 Å². The van der Waals surface area contributed by atoms with Gasteiger partial charge in [0.25, 0.3) is 5.91 Å². The zero-order chi connectivity index (χ0) is 20.8. The Hall–Kier alpha value is -3.12. The molecule has 0 aromatic heterocycles. The molecule has 3 rings (SSSR count). The van der Waals surface area contributed by atoms with Crippen molar-refractivity contribution in [1.82, 2.24) is 0 Å². The summed E-state index contributed by atoms with van der Waals surface area (Å²) < 4.78 is 16.1. The minimum atomic E-state index is -0.236. The Bertz CT molecular complexity index is 1000. The maximum atomic E-state index is 12.8. The second-order valence-corrected chi connectivity index (χ2v) is 7.04. The molecule has 3 aromatic rings. The van der Waals surface area contributed by atoms with Crippen molar-refractivity contribution in [3.05, 3.63) is 66.2 Å². The molecule has 5 nitrogen and oxygen atoms in total. The molecule has 150 valence electrons. The fourth-order valence-electron chi connectivity index (χ4n) is 2.97. The first-order valence-electron chi connectivity index (χ1n) is 8.95. The lowest BCUT2D eigenvalue weighted by Crippen LogP contribution is -2.13. The number of amides is 1. The molecule has 0 saturated carbocycles. The van der Waals surface area contributed by atoms with E-state index in [0.29, 0.717) is 17.0 Å². The minimum Gasteiger partial charge on any atom is -0.497 e. The Morgan fingerprint density at radius 1 is 0.828 bits per heavy atom. The molecule has 1 amide bonds. The second-order valence-electron chi connectivity index (χ2n) is 6.16. The quantitative estimate of drug-likeness (QED) is 0.533. The second kappa shape index (κ2) is 9.39. The van der Waals surface area contributed by atoms with Crippen LogP contribution in [-0.4, -0.2) is 33.5 Å². The number of ether oxygens (including phenoxy) is 3. The predicted octanol–water partition coefficient (Wildman–Crippen LogP) is 5.35. The molecule has 0 unspecified atom stereocenters. The van der Waals surface area contributed by atoms with Crippen LogP contribution >= 0.6 is 11.8 Å². The molecule has 0 saturated heterocycles. The topological polar surface area (TPSA) is 56.8 Å². The summed E-state index contributed by atoms with van der Waals surface area (Å²) in [5.74, 6) is 1.80. The van der Waals surface area contributed by atoms with Gasteiger partial charge in [0.15, 0.2) is 0 Å². The summed E-state index contributed by atoms with van der Waals surface area (Å²) in [6.07, 6.45) is 1.98. The van der Waals surface area contributed by atoms with Crippen molar-refractivity contribution >= 4 is 23.4 Å². The van der Waals surface area contributed by atoms with Crippen molar-refractivity contribution < 1.29 is 19.0 Å². The molecule has 6 heteroatoms. The largest absolute Gasteiger partial charge is 0.497 e. The molecular weight excluding hydrogens is 386 g/mol. The van der Waals surface area contributed by atoms with Crippen LogP contribution in [0.1, 0.15) is 10.4 Å². The highest BCUT2D eigenvalue weighted by Crippen LogP contribution is 2.34. The molecular formula is C23H23NO4S. The maximum Gasteiger partial charge on any atom is 0.259 e. The van der Waals surface area contributed by atoms with Crippen LogP contribution < -0.4 is 19.5 Å². The van der Waals surface area contributed by atoms with Gasteiger partial charge in [-0.05, 0) is 60.4 Å². The monoisotopic (exact) mass is 409 g/mol. The highest BCUT2D eigenvalue weighted by molar-refractivity contribution is 7.98. The molecule has 0 aliphatic rings. The smallest absolute Gasteiger partial charge is 0.259 e. The fourth-order valence-corrected chi connectivity index (χ4v) is 3.40. The zero-order valence-corrected chi connectivity index (χ0v) is 17.6. The summed E-state index contributed by atoms with van der Waals surface area (Å²) >= 11 is 1.59. The van der Waals surface area contributed by atoms with Gasteiger partial charge in [-0.3, -0.25) is 4.79 Å². The molecule has 0 radical (unpaired) electrons. The van der Waals surface area contributed by atoms with Crippen molar-refractivity contribution in [3.63, 3.8) is 0 Å². The molecule has 0 fully saturated rings. The molecule has 3 aromatic carbocycles. The van der Waals surface area contributed by atoms with E-state index in [1.54, 1.807) is 39.2 Å². The average molecular weight is 410 g/mol. The van der Waals surface area contributed by atoms with E-state index >= 15 is 0 Å².